The summed E-state index contributed by atoms with van der Waals surface area (Å²) in [6.07, 6.45) is 1.92. The molecule has 0 fully saturated rings. The summed E-state index contributed by atoms with van der Waals surface area (Å²) in [5.41, 5.74) is 3.63. The van der Waals surface area contributed by atoms with E-state index in [2.05, 4.69) is 22.0 Å². The second-order valence-corrected chi connectivity index (χ2v) is 5.95. The van der Waals surface area contributed by atoms with Crippen molar-refractivity contribution in [1.29, 1.82) is 0 Å². The van der Waals surface area contributed by atoms with Crippen LogP contribution in [-0.4, -0.2) is 11.1 Å². The summed E-state index contributed by atoms with van der Waals surface area (Å²) in [6, 6.07) is 7.96. The Labute approximate surface area is 111 Å². The molecule has 1 N–H and O–H groups in total. The lowest BCUT2D eigenvalue weighted by molar-refractivity contribution is 0.0702. The first-order valence-electron chi connectivity index (χ1n) is 5.30. The molecule has 0 atom stereocenters. The van der Waals surface area contributed by atoms with E-state index in [9.17, 15) is 4.79 Å². The summed E-state index contributed by atoms with van der Waals surface area (Å²) in [5, 5.41) is 9.05. The third kappa shape index (κ3) is 1.72. The molecular formula is C13H9BrO2S. The van der Waals surface area contributed by atoms with Gasteiger partial charge >= 0.3 is 5.97 Å². The zero-order chi connectivity index (χ0) is 12.0. The van der Waals surface area contributed by atoms with Gasteiger partial charge < -0.3 is 5.11 Å². The third-order valence-electron chi connectivity index (χ3n) is 3.01. The Bertz CT molecular complexity index is 616. The summed E-state index contributed by atoms with van der Waals surface area (Å²) in [7, 11) is 0. The lowest BCUT2D eigenvalue weighted by Crippen LogP contribution is -2.01. The lowest BCUT2D eigenvalue weighted by Gasteiger charge is -2.17. The van der Waals surface area contributed by atoms with Crippen molar-refractivity contribution < 1.29 is 9.90 Å². The fourth-order valence-electron chi connectivity index (χ4n) is 2.23. The number of fused-ring (bicyclic) bond motifs is 3. The van der Waals surface area contributed by atoms with Crippen LogP contribution in [0, 0.1) is 0 Å². The number of rotatable bonds is 1. The normalized spacial score (nSPS) is 13.0. The fraction of sp³-hybridized carbons (Fsp3) is 0.154. The first-order valence-corrected chi connectivity index (χ1v) is 6.91. The molecule has 0 unspecified atom stereocenters. The van der Waals surface area contributed by atoms with Gasteiger partial charge in [0.25, 0.3) is 0 Å². The summed E-state index contributed by atoms with van der Waals surface area (Å²) in [5.74, 6) is -0.835. The zero-order valence-corrected chi connectivity index (χ0v) is 11.3. The molecule has 0 saturated carbocycles. The summed E-state index contributed by atoms with van der Waals surface area (Å²) >= 11 is 4.93. The Balaban J connectivity index is 2.25. The van der Waals surface area contributed by atoms with Crippen molar-refractivity contribution in [3.63, 3.8) is 0 Å². The first-order chi connectivity index (χ1) is 8.16. The minimum absolute atomic E-state index is 0.429. The highest BCUT2D eigenvalue weighted by molar-refractivity contribution is 9.10. The van der Waals surface area contributed by atoms with Crippen LogP contribution in [0.15, 0.2) is 28.7 Å². The zero-order valence-electron chi connectivity index (χ0n) is 8.87. The standard InChI is InChI=1S/C13H9BrO2S/c14-9-3-1-2-7-4-5-8-6-10(13(15)16)17-12(8)11(7)9/h1-3,6H,4-5H2,(H,15,16). The molecule has 86 valence electrons. The molecule has 4 heteroatoms. The number of carbonyl (C=O) groups is 1. The number of aryl methyl sites for hydroxylation is 2. The van der Waals surface area contributed by atoms with Crippen molar-refractivity contribution in [2.75, 3.05) is 0 Å². The number of hydrogen-bond donors (Lipinski definition) is 1. The summed E-state index contributed by atoms with van der Waals surface area (Å²) < 4.78 is 1.05. The molecule has 3 rings (SSSR count). The van der Waals surface area contributed by atoms with Crippen molar-refractivity contribution in [3.8, 4) is 10.4 Å². The molecule has 2 aromatic rings. The molecule has 2 nitrogen and oxygen atoms in total. The van der Waals surface area contributed by atoms with Crippen molar-refractivity contribution in [2.24, 2.45) is 0 Å². The molecule has 1 aromatic carbocycles. The molecule has 0 bridgehead atoms. The van der Waals surface area contributed by atoms with E-state index in [1.807, 2.05) is 18.2 Å². The molecule has 0 spiro atoms. The maximum absolute atomic E-state index is 11.0. The second-order valence-electron chi connectivity index (χ2n) is 4.04. The second kappa shape index (κ2) is 3.96. The Morgan fingerprint density at radius 3 is 2.82 bits per heavy atom. The topological polar surface area (TPSA) is 37.3 Å². The van der Waals surface area contributed by atoms with Crippen molar-refractivity contribution in [3.05, 3.63) is 44.7 Å². The molecule has 1 heterocycles. The molecular weight excluding hydrogens is 300 g/mol. The minimum Gasteiger partial charge on any atom is -0.477 e. The molecule has 0 amide bonds. The quantitative estimate of drug-likeness (QED) is 0.865. The maximum atomic E-state index is 11.0. The largest absolute Gasteiger partial charge is 0.477 e. The Morgan fingerprint density at radius 2 is 2.06 bits per heavy atom. The Hall–Kier alpha value is -1.13. The predicted molar refractivity (Wildman–Crippen MR) is 71.8 cm³/mol. The number of aromatic carboxylic acids is 1. The number of carboxylic acid groups (broad SMARTS) is 1. The van der Waals surface area contributed by atoms with Gasteiger partial charge in [0.1, 0.15) is 4.88 Å². The maximum Gasteiger partial charge on any atom is 0.345 e. The van der Waals surface area contributed by atoms with Crippen LogP contribution in [0.1, 0.15) is 20.8 Å². The van der Waals surface area contributed by atoms with E-state index in [-0.39, 0.29) is 0 Å². The van der Waals surface area contributed by atoms with Gasteiger partial charge in [-0.1, -0.05) is 28.1 Å². The van der Waals surface area contributed by atoms with Gasteiger partial charge in [-0.25, -0.2) is 4.79 Å². The van der Waals surface area contributed by atoms with Crippen LogP contribution in [0.5, 0.6) is 0 Å². The fourth-order valence-corrected chi connectivity index (χ4v) is 4.11. The minimum atomic E-state index is -0.835. The van der Waals surface area contributed by atoms with E-state index in [0.717, 1.165) is 27.8 Å². The van der Waals surface area contributed by atoms with Crippen LogP contribution in [0.3, 0.4) is 0 Å². The number of hydrogen-bond acceptors (Lipinski definition) is 2. The van der Waals surface area contributed by atoms with Gasteiger partial charge in [0.05, 0.1) is 0 Å². The van der Waals surface area contributed by atoms with Crippen molar-refractivity contribution in [2.45, 2.75) is 12.8 Å². The van der Waals surface area contributed by atoms with Crippen LogP contribution in [-0.2, 0) is 12.8 Å². The van der Waals surface area contributed by atoms with Crippen LogP contribution < -0.4 is 0 Å². The van der Waals surface area contributed by atoms with Crippen LogP contribution >= 0.6 is 27.3 Å². The van der Waals surface area contributed by atoms with E-state index in [4.69, 9.17) is 5.11 Å². The molecule has 1 aliphatic rings. The highest BCUT2D eigenvalue weighted by Gasteiger charge is 2.22. The Morgan fingerprint density at radius 1 is 1.29 bits per heavy atom. The van der Waals surface area contributed by atoms with Crippen LogP contribution in [0.25, 0.3) is 10.4 Å². The molecule has 1 aliphatic carbocycles. The van der Waals surface area contributed by atoms with E-state index in [0.29, 0.717) is 4.88 Å². The third-order valence-corrected chi connectivity index (χ3v) is 4.85. The average Bonchev–Trinajstić information content (AvgIpc) is 2.73. The number of halogens is 1. The van der Waals surface area contributed by atoms with Crippen molar-refractivity contribution in [1.82, 2.24) is 0 Å². The monoisotopic (exact) mass is 308 g/mol. The molecule has 0 saturated heterocycles. The average molecular weight is 309 g/mol. The van der Waals surface area contributed by atoms with Gasteiger partial charge in [0.15, 0.2) is 0 Å². The van der Waals surface area contributed by atoms with Gasteiger partial charge in [0.2, 0.25) is 0 Å². The van der Waals surface area contributed by atoms with E-state index >= 15 is 0 Å². The SMILES string of the molecule is O=C(O)c1cc2c(s1)-c1c(Br)cccc1CC2. The molecule has 0 radical (unpaired) electrons. The molecule has 1 aromatic heterocycles. The first kappa shape index (κ1) is 11.0. The Kier molecular flexibility index (Phi) is 2.56. The van der Waals surface area contributed by atoms with E-state index in [1.54, 1.807) is 0 Å². The lowest BCUT2D eigenvalue weighted by atomic mass is 9.91. The van der Waals surface area contributed by atoms with E-state index < -0.39 is 5.97 Å². The van der Waals surface area contributed by atoms with Gasteiger partial charge in [0, 0.05) is 14.9 Å². The van der Waals surface area contributed by atoms with Gasteiger partial charge in [-0.2, -0.15) is 0 Å². The molecule has 0 aliphatic heterocycles. The predicted octanol–water partition coefficient (Wildman–Crippen LogP) is 3.97. The van der Waals surface area contributed by atoms with Gasteiger partial charge in [-0.3, -0.25) is 0 Å². The number of benzene rings is 1. The van der Waals surface area contributed by atoms with Gasteiger partial charge in [-0.15, -0.1) is 11.3 Å². The summed E-state index contributed by atoms with van der Waals surface area (Å²) in [4.78, 5) is 12.6. The van der Waals surface area contributed by atoms with Crippen molar-refractivity contribution >= 4 is 33.2 Å². The van der Waals surface area contributed by atoms with Crippen LogP contribution in [0.2, 0.25) is 0 Å². The summed E-state index contributed by atoms with van der Waals surface area (Å²) in [6.45, 7) is 0. The highest BCUT2D eigenvalue weighted by Crippen LogP contribution is 2.43. The molecule has 17 heavy (non-hydrogen) atoms. The van der Waals surface area contributed by atoms with Gasteiger partial charge in [-0.05, 0) is 36.1 Å². The number of carboxylic acids is 1. The highest BCUT2D eigenvalue weighted by atomic mass is 79.9. The number of thiophene rings is 1. The van der Waals surface area contributed by atoms with E-state index in [1.165, 1.54) is 22.5 Å². The smallest absolute Gasteiger partial charge is 0.345 e. The van der Waals surface area contributed by atoms with Crippen LogP contribution in [0.4, 0.5) is 0 Å².